The van der Waals surface area contributed by atoms with Crippen molar-refractivity contribution in [3.63, 3.8) is 0 Å². The second kappa shape index (κ2) is 3.34. The molecule has 1 aromatic carbocycles. The molecule has 0 amide bonds. The number of hydrogen-bond acceptors (Lipinski definition) is 1. The molecule has 2 aliphatic rings. The molecule has 1 nitrogen and oxygen atoms in total. The van der Waals surface area contributed by atoms with E-state index in [2.05, 4.69) is 24.3 Å². The topological polar surface area (TPSA) is 26.0 Å². The third-order valence-corrected chi connectivity index (χ3v) is 4.27. The predicted octanol–water partition coefficient (Wildman–Crippen LogP) is 2.94. The molecule has 0 spiro atoms. The molecule has 1 aromatic rings. The van der Waals surface area contributed by atoms with Crippen molar-refractivity contribution in [1.82, 2.24) is 0 Å². The number of rotatable bonds is 3. The number of benzene rings is 1. The van der Waals surface area contributed by atoms with Gasteiger partial charge in [0.1, 0.15) is 0 Å². The molecule has 0 bridgehead atoms. The molecule has 2 aliphatic carbocycles. The Bertz CT molecular complexity index is 339. The maximum Gasteiger partial charge on any atom is 0.00755 e. The maximum atomic E-state index is 5.91. The fraction of sp³-hybridized carbons (Fsp3) is 0.571. The third-order valence-electron chi connectivity index (χ3n) is 4.27. The van der Waals surface area contributed by atoms with Crippen molar-refractivity contribution in [2.45, 2.75) is 43.4 Å². The first kappa shape index (κ1) is 9.41. The van der Waals surface area contributed by atoms with Crippen LogP contribution in [0.15, 0.2) is 24.3 Å². The van der Waals surface area contributed by atoms with E-state index in [0.717, 1.165) is 12.5 Å². The van der Waals surface area contributed by atoms with Crippen LogP contribution in [0.5, 0.6) is 0 Å². The van der Waals surface area contributed by atoms with Crippen LogP contribution in [0.3, 0.4) is 0 Å². The Morgan fingerprint density at radius 2 is 1.80 bits per heavy atom. The van der Waals surface area contributed by atoms with Crippen molar-refractivity contribution in [3.8, 4) is 0 Å². The minimum Gasteiger partial charge on any atom is -0.330 e. The molecule has 0 saturated heterocycles. The Balaban J connectivity index is 1.85. The largest absolute Gasteiger partial charge is 0.330 e. The molecule has 3 rings (SSSR count). The summed E-state index contributed by atoms with van der Waals surface area (Å²) < 4.78 is 0. The van der Waals surface area contributed by atoms with Gasteiger partial charge >= 0.3 is 0 Å². The summed E-state index contributed by atoms with van der Waals surface area (Å²) in [6, 6.07) is 9.28. The first-order chi connectivity index (χ1) is 7.34. The maximum absolute atomic E-state index is 5.91. The van der Waals surface area contributed by atoms with Crippen LogP contribution in [0.1, 0.15) is 49.1 Å². The Hall–Kier alpha value is -0.820. The quantitative estimate of drug-likeness (QED) is 0.799. The molecule has 2 N–H and O–H groups in total. The van der Waals surface area contributed by atoms with Gasteiger partial charge in [-0.1, -0.05) is 30.7 Å². The minimum atomic E-state index is 0.335. The van der Waals surface area contributed by atoms with Gasteiger partial charge in [0, 0.05) is 12.0 Å². The highest BCUT2D eigenvalue weighted by Gasteiger charge is 2.37. The monoisotopic (exact) mass is 201 g/mol. The van der Waals surface area contributed by atoms with Gasteiger partial charge in [0.2, 0.25) is 0 Å². The standard InChI is InChI=1S/C14H19N/c15-10-14(8-1-9-14)13-6-4-12(5-7-13)11-2-3-11/h4-7,11H,1-3,8-10,15H2. The lowest BCUT2D eigenvalue weighted by atomic mass is 9.64. The van der Waals surface area contributed by atoms with Crippen molar-refractivity contribution in [3.05, 3.63) is 35.4 Å². The van der Waals surface area contributed by atoms with Crippen molar-refractivity contribution in [2.75, 3.05) is 6.54 Å². The fourth-order valence-corrected chi connectivity index (χ4v) is 2.74. The smallest absolute Gasteiger partial charge is 0.00755 e. The van der Waals surface area contributed by atoms with Crippen LogP contribution in [0.4, 0.5) is 0 Å². The number of hydrogen-bond donors (Lipinski definition) is 1. The van der Waals surface area contributed by atoms with Crippen LogP contribution >= 0.6 is 0 Å². The van der Waals surface area contributed by atoms with Gasteiger partial charge in [-0.3, -0.25) is 0 Å². The fourth-order valence-electron chi connectivity index (χ4n) is 2.74. The van der Waals surface area contributed by atoms with E-state index in [0.29, 0.717) is 5.41 Å². The van der Waals surface area contributed by atoms with Crippen LogP contribution in [0.25, 0.3) is 0 Å². The molecule has 2 saturated carbocycles. The summed E-state index contributed by atoms with van der Waals surface area (Å²) in [6.45, 7) is 0.815. The average Bonchev–Trinajstić information content (AvgIpc) is 3.01. The van der Waals surface area contributed by atoms with Crippen LogP contribution in [-0.4, -0.2) is 6.54 Å². The van der Waals surface area contributed by atoms with Gasteiger partial charge in [-0.25, -0.2) is 0 Å². The van der Waals surface area contributed by atoms with E-state index in [4.69, 9.17) is 5.73 Å². The average molecular weight is 201 g/mol. The van der Waals surface area contributed by atoms with Crippen LogP contribution in [0.2, 0.25) is 0 Å². The second-order valence-corrected chi connectivity index (χ2v) is 5.23. The lowest BCUT2D eigenvalue weighted by Crippen LogP contribution is -2.41. The first-order valence-electron chi connectivity index (χ1n) is 6.15. The summed E-state index contributed by atoms with van der Waals surface area (Å²) in [7, 11) is 0. The molecule has 0 unspecified atom stereocenters. The lowest BCUT2D eigenvalue weighted by molar-refractivity contribution is 0.253. The van der Waals surface area contributed by atoms with Crippen molar-refractivity contribution >= 4 is 0 Å². The SMILES string of the molecule is NCC1(c2ccc(C3CC3)cc2)CCC1. The van der Waals surface area contributed by atoms with Crippen molar-refractivity contribution in [2.24, 2.45) is 5.73 Å². The van der Waals surface area contributed by atoms with Crippen LogP contribution in [-0.2, 0) is 5.41 Å². The molecule has 0 aliphatic heterocycles. The highest BCUT2D eigenvalue weighted by atomic mass is 14.6. The zero-order valence-electron chi connectivity index (χ0n) is 9.21. The van der Waals surface area contributed by atoms with Crippen molar-refractivity contribution < 1.29 is 0 Å². The van der Waals surface area contributed by atoms with Crippen LogP contribution in [0, 0.1) is 0 Å². The molecule has 0 aromatic heterocycles. The van der Waals surface area contributed by atoms with Crippen LogP contribution < -0.4 is 5.73 Å². The highest BCUT2D eigenvalue weighted by molar-refractivity contribution is 5.34. The van der Waals surface area contributed by atoms with E-state index < -0.39 is 0 Å². The zero-order valence-corrected chi connectivity index (χ0v) is 9.21. The van der Waals surface area contributed by atoms with Gasteiger partial charge in [0.15, 0.2) is 0 Å². The molecule has 1 heteroatoms. The molecular weight excluding hydrogens is 182 g/mol. The molecule has 80 valence electrons. The molecule has 15 heavy (non-hydrogen) atoms. The van der Waals surface area contributed by atoms with E-state index in [9.17, 15) is 0 Å². The third kappa shape index (κ3) is 1.50. The van der Waals surface area contributed by atoms with E-state index in [1.54, 1.807) is 0 Å². The Morgan fingerprint density at radius 1 is 1.13 bits per heavy atom. The van der Waals surface area contributed by atoms with Gasteiger partial charge in [-0.15, -0.1) is 0 Å². The lowest BCUT2D eigenvalue weighted by Gasteiger charge is -2.41. The van der Waals surface area contributed by atoms with E-state index in [-0.39, 0.29) is 0 Å². The Kier molecular flexibility index (Phi) is 2.10. The van der Waals surface area contributed by atoms with E-state index in [1.807, 2.05) is 0 Å². The van der Waals surface area contributed by atoms with E-state index in [1.165, 1.54) is 43.2 Å². The van der Waals surface area contributed by atoms with Crippen molar-refractivity contribution in [1.29, 1.82) is 0 Å². The molecule has 0 heterocycles. The minimum absolute atomic E-state index is 0.335. The summed E-state index contributed by atoms with van der Waals surface area (Å²) in [5, 5.41) is 0. The van der Waals surface area contributed by atoms with Gasteiger partial charge < -0.3 is 5.73 Å². The summed E-state index contributed by atoms with van der Waals surface area (Å²) in [5.41, 5.74) is 9.25. The summed E-state index contributed by atoms with van der Waals surface area (Å²) >= 11 is 0. The number of nitrogens with two attached hydrogens (primary N) is 1. The molecule has 0 atom stereocenters. The summed E-state index contributed by atoms with van der Waals surface area (Å²) in [6.07, 6.45) is 6.70. The van der Waals surface area contributed by atoms with Gasteiger partial charge in [-0.2, -0.15) is 0 Å². The predicted molar refractivity (Wildman–Crippen MR) is 63.0 cm³/mol. The second-order valence-electron chi connectivity index (χ2n) is 5.23. The van der Waals surface area contributed by atoms with E-state index >= 15 is 0 Å². The molecule has 0 radical (unpaired) electrons. The van der Waals surface area contributed by atoms with Gasteiger partial charge in [-0.05, 0) is 42.7 Å². The summed E-state index contributed by atoms with van der Waals surface area (Å²) in [5.74, 6) is 0.870. The Morgan fingerprint density at radius 3 is 2.20 bits per heavy atom. The zero-order chi connectivity index (χ0) is 10.3. The van der Waals surface area contributed by atoms with Gasteiger partial charge in [0.25, 0.3) is 0 Å². The summed E-state index contributed by atoms with van der Waals surface area (Å²) in [4.78, 5) is 0. The Labute approximate surface area is 91.7 Å². The van der Waals surface area contributed by atoms with Gasteiger partial charge in [0.05, 0.1) is 0 Å². The first-order valence-corrected chi connectivity index (χ1v) is 6.15. The highest BCUT2D eigenvalue weighted by Crippen LogP contribution is 2.44. The molecule has 2 fully saturated rings. The molecular formula is C14H19N. The normalized spacial score (nSPS) is 23.5.